The Morgan fingerprint density at radius 2 is 2.58 bits per heavy atom. The van der Waals surface area contributed by atoms with Crippen molar-refractivity contribution in [3.05, 3.63) is 0 Å². The number of likely N-dealkylation sites (N-methyl/N-ethyl adjacent to an activating group) is 1. The van der Waals surface area contributed by atoms with Crippen LogP contribution >= 0.6 is 0 Å². The molecule has 2 atom stereocenters. The van der Waals surface area contributed by atoms with Crippen molar-refractivity contribution >= 4 is 5.91 Å². The van der Waals surface area contributed by atoms with Gasteiger partial charge in [-0.25, -0.2) is 0 Å². The van der Waals surface area contributed by atoms with Gasteiger partial charge in [-0.15, -0.1) is 0 Å². The summed E-state index contributed by atoms with van der Waals surface area (Å²) in [5.74, 6) is 0.127. The van der Waals surface area contributed by atoms with Crippen LogP contribution in [0.3, 0.4) is 0 Å². The maximum atomic E-state index is 11.1. The van der Waals surface area contributed by atoms with Gasteiger partial charge in [-0.1, -0.05) is 0 Å². The van der Waals surface area contributed by atoms with Gasteiger partial charge in [0.05, 0.1) is 6.54 Å². The van der Waals surface area contributed by atoms with Crippen LogP contribution in [-0.2, 0) is 4.79 Å². The van der Waals surface area contributed by atoms with E-state index in [1.807, 2.05) is 0 Å². The van der Waals surface area contributed by atoms with Crippen molar-refractivity contribution in [1.82, 2.24) is 15.5 Å². The molecule has 2 heterocycles. The van der Waals surface area contributed by atoms with Gasteiger partial charge in [-0.2, -0.15) is 0 Å². The Balaban J connectivity index is 1.86. The van der Waals surface area contributed by atoms with Crippen LogP contribution in [-0.4, -0.2) is 49.6 Å². The van der Waals surface area contributed by atoms with E-state index in [2.05, 4.69) is 15.5 Å². The number of piperazine rings is 1. The van der Waals surface area contributed by atoms with E-state index >= 15 is 0 Å². The lowest BCUT2D eigenvalue weighted by molar-refractivity contribution is -0.122. The van der Waals surface area contributed by atoms with E-state index in [-0.39, 0.29) is 5.91 Å². The number of hydrogen-bond acceptors (Lipinski definition) is 3. The highest BCUT2D eigenvalue weighted by molar-refractivity contribution is 5.77. The lowest BCUT2D eigenvalue weighted by Gasteiger charge is -2.26. The van der Waals surface area contributed by atoms with Crippen molar-refractivity contribution in [2.24, 2.45) is 0 Å². The van der Waals surface area contributed by atoms with E-state index < -0.39 is 0 Å². The number of amides is 1. The Bertz CT molecular complexity index is 195. The van der Waals surface area contributed by atoms with Crippen LogP contribution in [0.5, 0.6) is 0 Å². The van der Waals surface area contributed by atoms with Crippen LogP contribution < -0.4 is 10.6 Å². The van der Waals surface area contributed by atoms with Crippen LogP contribution in [0.15, 0.2) is 0 Å². The second-order valence-electron chi connectivity index (χ2n) is 3.60. The maximum absolute atomic E-state index is 11.1. The highest BCUT2D eigenvalue weighted by Crippen LogP contribution is 2.22. The molecule has 0 spiro atoms. The van der Waals surface area contributed by atoms with Crippen LogP contribution in [0.25, 0.3) is 0 Å². The van der Waals surface area contributed by atoms with Crippen molar-refractivity contribution in [3.8, 4) is 0 Å². The zero-order chi connectivity index (χ0) is 8.55. The minimum Gasteiger partial charge on any atom is -0.358 e. The third-order valence-electron chi connectivity index (χ3n) is 2.80. The number of carbonyl (C=O) groups excluding carboxylic acids is 1. The van der Waals surface area contributed by atoms with Crippen LogP contribution in [0, 0.1) is 0 Å². The van der Waals surface area contributed by atoms with Crippen LogP contribution in [0.4, 0.5) is 0 Å². The summed E-state index contributed by atoms with van der Waals surface area (Å²) in [6.45, 7) is 2.67. The number of likely N-dealkylation sites (tertiary alicyclic amines) is 1. The summed E-state index contributed by atoms with van der Waals surface area (Å²) in [4.78, 5) is 13.3. The summed E-state index contributed by atoms with van der Waals surface area (Å²) in [6.07, 6.45) is 1.22. The molecule has 12 heavy (non-hydrogen) atoms. The molecule has 0 aromatic heterocycles. The van der Waals surface area contributed by atoms with Gasteiger partial charge in [0.2, 0.25) is 5.91 Å². The minimum atomic E-state index is 0.127. The molecule has 2 rings (SSSR count). The Labute approximate surface area is 72.3 Å². The first kappa shape index (κ1) is 8.01. The monoisotopic (exact) mass is 169 g/mol. The molecule has 2 fully saturated rings. The summed E-state index contributed by atoms with van der Waals surface area (Å²) in [5, 5.41) is 6.05. The molecule has 4 nitrogen and oxygen atoms in total. The number of nitrogens with one attached hydrogen (secondary N) is 2. The first-order valence-corrected chi connectivity index (χ1v) is 4.47. The van der Waals surface area contributed by atoms with E-state index in [4.69, 9.17) is 0 Å². The molecular weight excluding hydrogens is 154 g/mol. The van der Waals surface area contributed by atoms with Gasteiger partial charge in [0.25, 0.3) is 0 Å². The first-order chi connectivity index (χ1) is 5.79. The van der Waals surface area contributed by atoms with Gasteiger partial charge in [0.1, 0.15) is 0 Å². The number of hydrogen-bond donors (Lipinski definition) is 2. The highest BCUT2D eigenvalue weighted by Gasteiger charge is 2.37. The van der Waals surface area contributed by atoms with Crippen molar-refractivity contribution in [2.75, 3.05) is 26.7 Å². The van der Waals surface area contributed by atoms with Crippen molar-refractivity contribution in [3.63, 3.8) is 0 Å². The molecule has 0 radical (unpaired) electrons. The average molecular weight is 169 g/mol. The lowest BCUT2D eigenvalue weighted by atomic mass is 10.2. The smallest absolute Gasteiger partial charge is 0.233 e. The zero-order valence-electron chi connectivity index (χ0n) is 7.34. The normalized spacial score (nSPS) is 34.1. The molecule has 1 amide bonds. The molecule has 2 aliphatic heterocycles. The lowest BCUT2D eigenvalue weighted by Crippen LogP contribution is -2.47. The topological polar surface area (TPSA) is 44.4 Å². The zero-order valence-corrected chi connectivity index (χ0v) is 7.34. The molecule has 0 aromatic carbocycles. The number of rotatable bonds is 2. The van der Waals surface area contributed by atoms with Crippen molar-refractivity contribution < 1.29 is 4.79 Å². The third kappa shape index (κ3) is 1.32. The fourth-order valence-electron chi connectivity index (χ4n) is 2.10. The average Bonchev–Trinajstić information content (AvgIpc) is 2.64. The number of nitrogens with zero attached hydrogens (tertiary/aromatic N) is 1. The Morgan fingerprint density at radius 3 is 3.08 bits per heavy atom. The van der Waals surface area contributed by atoms with E-state index in [1.54, 1.807) is 7.05 Å². The summed E-state index contributed by atoms with van der Waals surface area (Å²) in [5.41, 5.74) is 0. The minimum absolute atomic E-state index is 0.127. The summed E-state index contributed by atoms with van der Waals surface area (Å²) < 4.78 is 0. The number of fused-ring (bicyclic) bond motifs is 2. The molecule has 2 bridgehead atoms. The molecule has 0 aliphatic carbocycles. The van der Waals surface area contributed by atoms with E-state index in [9.17, 15) is 4.79 Å². The van der Waals surface area contributed by atoms with Crippen LogP contribution in [0.2, 0.25) is 0 Å². The molecule has 0 aromatic rings. The van der Waals surface area contributed by atoms with E-state index in [0.29, 0.717) is 18.6 Å². The Morgan fingerprint density at radius 1 is 1.75 bits per heavy atom. The molecule has 68 valence electrons. The van der Waals surface area contributed by atoms with Crippen molar-refractivity contribution in [1.29, 1.82) is 0 Å². The largest absolute Gasteiger partial charge is 0.358 e. The summed E-state index contributed by atoms with van der Waals surface area (Å²) >= 11 is 0. The Hall–Kier alpha value is -0.610. The number of carbonyl (C=O) groups is 1. The third-order valence-corrected chi connectivity index (χ3v) is 2.80. The van der Waals surface area contributed by atoms with Gasteiger partial charge in [-0.05, 0) is 6.42 Å². The summed E-state index contributed by atoms with van der Waals surface area (Å²) in [7, 11) is 1.69. The summed E-state index contributed by atoms with van der Waals surface area (Å²) in [6, 6.07) is 1.24. The molecule has 2 aliphatic rings. The van der Waals surface area contributed by atoms with Crippen LogP contribution in [0.1, 0.15) is 6.42 Å². The van der Waals surface area contributed by atoms with Crippen molar-refractivity contribution in [2.45, 2.75) is 18.5 Å². The van der Waals surface area contributed by atoms with Gasteiger partial charge in [-0.3, -0.25) is 9.69 Å². The molecule has 0 saturated carbocycles. The predicted molar refractivity (Wildman–Crippen MR) is 45.8 cm³/mol. The van der Waals surface area contributed by atoms with Gasteiger partial charge in [0.15, 0.2) is 0 Å². The maximum Gasteiger partial charge on any atom is 0.233 e. The second-order valence-corrected chi connectivity index (χ2v) is 3.60. The Kier molecular flexibility index (Phi) is 2.02. The molecule has 2 N–H and O–H groups in total. The quantitative estimate of drug-likeness (QED) is 0.544. The fraction of sp³-hybridized carbons (Fsp3) is 0.875. The van der Waals surface area contributed by atoms with Gasteiger partial charge < -0.3 is 10.6 Å². The predicted octanol–water partition coefficient (Wildman–Crippen LogP) is -1.22. The molecule has 4 heteroatoms. The van der Waals surface area contributed by atoms with E-state index in [0.717, 1.165) is 13.1 Å². The molecule has 2 saturated heterocycles. The standard InChI is InChI=1S/C8H15N3O/c1-9-8(12)5-11-4-6-2-7(11)3-10-6/h6-7,10H,2-5H2,1H3,(H,9,12). The van der Waals surface area contributed by atoms with E-state index in [1.165, 1.54) is 6.42 Å². The second kappa shape index (κ2) is 3.03. The molecule has 2 unspecified atom stereocenters. The highest BCUT2D eigenvalue weighted by atomic mass is 16.1. The molecular formula is C8H15N3O. The van der Waals surface area contributed by atoms with Gasteiger partial charge in [0, 0.05) is 32.2 Å². The first-order valence-electron chi connectivity index (χ1n) is 4.47. The fourth-order valence-corrected chi connectivity index (χ4v) is 2.10. The van der Waals surface area contributed by atoms with Gasteiger partial charge >= 0.3 is 0 Å². The SMILES string of the molecule is CNC(=O)CN1CC2CC1CN2.